The standard InChI is InChI=1S/C7H6FN3/c8-7-1-5-2-9-4-11-6(5)3-10-7/h1,3-4H,2H2,(H,9,11). The molecule has 1 aliphatic rings. The summed E-state index contributed by atoms with van der Waals surface area (Å²) in [6, 6.07) is 1.39. The summed E-state index contributed by atoms with van der Waals surface area (Å²) in [6.45, 7) is 0.623. The van der Waals surface area contributed by atoms with E-state index in [-0.39, 0.29) is 0 Å². The van der Waals surface area contributed by atoms with Crippen molar-refractivity contribution in [2.75, 3.05) is 0 Å². The fraction of sp³-hybridized carbons (Fsp3) is 0.143. The summed E-state index contributed by atoms with van der Waals surface area (Å²) in [5, 5.41) is 2.88. The molecule has 2 heterocycles. The lowest BCUT2D eigenvalue weighted by molar-refractivity contribution is 0.580. The maximum absolute atomic E-state index is 12.5. The highest BCUT2D eigenvalue weighted by molar-refractivity contribution is 5.65. The molecule has 56 valence electrons. The molecule has 1 aromatic rings. The Morgan fingerprint density at radius 1 is 1.55 bits per heavy atom. The van der Waals surface area contributed by atoms with Crippen LogP contribution in [-0.2, 0) is 6.54 Å². The predicted molar refractivity (Wildman–Crippen MR) is 39.2 cm³/mol. The van der Waals surface area contributed by atoms with E-state index in [1.807, 2.05) is 0 Å². The molecule has 0 bridgehead atoms. The zero-order valence-corrected chi connectivity index (χ0v) is 5.71. The second-order valence-corrected chi connectivity index (χ2v) is 2.27. The number of halogens is 1. The van der Waals surface area contributed by atoms with Gasteiger partial charge >= 0.3 is 0 Å². The van der Waals surface area contributed by atoms with Gasteiger partial charge in [-0.3, -0.25) is 0 Å². The van der Waals surface area contributed by atoms with E-state index >= 15 is 0 Å². The van der Waals surface area contributed by atoms with Gasteiger partial charge in [0.1, 0.15) is 0 Å². The summed E-state index contributed by atoms with van der Waals surface area (Å²) in [7, 11) is 0. The van der Waals surface area contributed by atoms with Crippen molar-refractivity contribution in [2.45, 2.75) is 6.54 Å². The van der Waals surface area contributed by atoms with Gasteiger partial charge in [-0.05, 0) is 0 Å². The maximum atomic E-state index is 12.5. The molecule has 0 spiro atoms. The third kappa shape index (κ3) is 1.07. The second kappa shape index (κ2) is 2.30. The summed E-state index contributed by atoms with van der Waals surface area (Å²) in [4.78, 5) is 7.45. The van der Waals surface area contributed by atoms with Gasteiger partial charge in [0.15, 0.2) is 0 Å². The number of rotatable bonds is 0. The van der Waals surface area contributed by atoms with Crippen LogP contribution in [0.15, 0.2) is 17.3 Å². The lowest BCUT2D eigenvalue weighted by Crippen LogP contribution is -2.14. The van der Waals surface area contributed by atoms with Crippen LogP contribution >= 0.6 is 0 Å². The van der Waals surface area contributed by atoms with Gasteiger partial charge < -0.3 is 5.32 Å². The van der Waals surface area contributed by atoms with E-state index in [9.17, 15) is 4.39 Å². The Morgan fingerprint density at radius 3 is 3.36 bits per heavy atom. The molecular formula is C7H6FN3. The molecule has 0 radical (unpaired) electrons. The van der Waals surface area contributed by atoms with Crippen LogP contribution in [0.3, 0.4) is 0 Å². The topological polar surface area (TPSA) is 37.3 Å². The van der Waals surface area contributed by atoms with E-state index in [0.717, 1.165) is 11.3 Å². The largest absolute Gasteiger partial charge is 0.372 e. The van der Waals surface area contributed by atoms with Crippen LogP contribution in [0.2, 0.25) is 0 Å². The van der Waals surface area contributed by atoms with Crippen molar-refractivity contribution in [2.24, 2.45) is 4.99 Å². The molecule has 11 heavy (non-hydrogen) atoms. The Hall–Kier alpha value is -1.45. The molecular weight excluding hydrogens is 145 g/mol. The second-order valence-electron chi connectivity index (χ2n) is 2.27. The van der Waals surface area contributed by atoms with Crippen molar-refractivity contribution in [1.29, 1.82) is 0 Å². The average molecular weight is 151 g/mol. The van der Waals surface area contributed by atoms with Gasteiger partial charge in [0, 0.05) is 18.2 Å². The first kappa shape index (κ1) is 6.27. The average Bonchev–Trinajstić information content (AvgIpc) is 2.04. The van der Waals surface area contributed by atoms with Crippen molar-refractivity contribution in [3.05, 3.63) is 23.8 Å². The van der Waals surface area contributed by atoms with Crippen molar-refractivity contribution in [1.82, 2.24) is 10.3 Å². The van der Waals surface area contributed by atoms with Crippen LogP contribution in [0.5, 0.6) is 0 Å². The Bertz CT molecular complexity index is 309. The zero-order chi connectivity index (χ0) is 7.68. The molecule has 1 aliphatic heterocycles. The van der Waals surface area contributed by atoms with Crippen molar-refractivity contribution in [3.63, 3.8) is 0 Å². The molecule has 2 rings (SSSR count). The van der Waals surface area contributed by atoms with Gasteiger partial charge in [-0.15, -0.1) is 0 Å². The molecule has 0 amide bonds. The predicted octanol–water partition coefficient (Wildman–Crippen LogP) is 0.984. The number of aromatic nitrogens is 1. The lowest BCUT2D eigenvalue weighted by atomic mass is 10.2. The van der Waals surface area contributed by atoms with Crippen LogP contribution in [-0.4, -0.2) is 11.3 Å². The van der Waals surface area contributed by atoms with Crippen LogP contribution in [0, 0.1) is 5.95 Å². The Morgan fingerprint density at radius 2 is 2.45 bits per heavy atom. The summed E-state index contributed by atoms with van der Waals surface area (Å²) in [5.41, 5.74) is 1.59. The first-order valence-corrected chi connectivity index (χ1v) is 3.26. The zero-order valence-electron chi connectivity index (χ0n) is 5.71. The normalized spacial score (nSPS) is 13.9. The minimum atomic E-state index is -0.456. The number of nitrogens with one attached hydrogen (secondary N) is 1. The first-order valence-electron chi connectivity index (χ1n) is 3.26. The quantitative estimate of drug-likeness (QED) is 0.561. The van der Waals surface area contributed by atoms with Gasteiger partial charge in [0.05, 0.1) is 18.2 Å². The van der Waals surface area contributed by atoms with E-state index in [1.165, 1.54) is 12.3 Å². The van der Waals surface area contributed by atoms with E-state index in [1.54, 1.807) is 6.34 Å². The van der Waals surface area contributed by atoms with Crippen LogP contribution in [0.4, 0.5) is 10.1 Å². The number of aliphatic imine (C=N–C) groups is 1. The van der Waals surface area contributed by atoms with Gasteiger partial charge in [0.25, 0.3) is 0 Å². The summed E-state index contributed by atoms with van der Waals surface area (Å²) >= 11 is 0. The minimum absolute atomic E-state index is 0.456. The van der Waals surface area contributed by atoms with Crippen molar-refractivity contribution >= 4 is 12.0 Å². The highest BCUT2D eigenvalue weighted by Gasteiger charge is 2.05. The van der Waals surface area contributed by atoms with Crippen LogP contribution in [0.25, 0.3) is 0 Å². The molecule has 1 aromatic heterocycles. The first-order chi connectivity index (χ1) is 5.36. The number of hydrogen-bond donors (Lipinski definition) is 1. The Kier molecular flexibility index (Phi) is 1.31. The van der Waals surface area contributed by atoms with Crippen molar-refractivity contribution in [3.8, 4) is 0 Å². The maximum Gasteiger partial charge on any atom is 0.213 e. The summed E-state index contributed by atoms with van der Waals surface area (Å²) in [5.74, 6) is -0.456. The van der Waals surface area contributed by atoms with Gasteiger partial charge in [-0.1, -0.05) is 0 Å². The molecule has 0 saturated heterocycles. The smallest absolute Gasteiger partial charge is 0.213 e. The molecule has 3 nitrogen and oxygen atoms in total. The van der Waals surface area contributed by atoms with Gasteiger partial charge in [0.2, 0.25) is 5.95 Å². The molecule has 0 aliphatic carbocycles. The fourth-order valence-corrected chi connectivity index (χ4v) is 0.989. The van der Waals surface area contributed by atoms with Gasteiger partial charge in [-0.25, -0.2) is 9.98 Å². The number of pyridine rings is 1. The highest BCUT2D eigenvalue weighted by atomic mass is 19.1. The van der Waals surface area contributed by atoms with E-state index in [4.69, 9.17) is 0 Å². The van der Waals surface area contributed by atoms with E-state index < -0.39 is 5.95 Å². The summed E-state index contributed by atoms with van der Waals surface area (Å²) < 4.78 is 12.5. The molecule has 0 aromatic carbocycles. The number of hydrogen-bond acceptors (Lipinski definition) is 3. The number of fused-ring (bicyclic) bond motifs is 1. The Labute approximate surface area is 63.0 Å². The molecule has 0 saturated carbocycles. The monoisotopic (exact) mass is 151 g/mol. The van der Waals surface area contributed by atoms with Crippen LogP contribution < -0.4 is 5.32 Å². The van der Waals surface area contributed by atoms with Crippen LogP contribution in [0.1, 0.15) is 5.56 Å². The molecule has 4 heteroatoms. The fourth-order valence-electron chi connectivity index (χ4n) is 0.989. The number of nitrogens with zero attached hydrogens (tertiary/aromatic N) is 2. The van der Waals surface area contributed by atoms with E-state index in [2.05, 4.69) is 15.3 Å². The summed E-state index contributed by atoms with van der Waals surface area (Å²) in [6.07, 6.45) is 3.02. The highest BCUT2D eigenvalue weighted by Crippen LogP contribution is 2.19. The third-order valence-electron chi connectivity index (χ3n) is 1.52. The molecule has 0 atom stereocenters. The lowest BCUT2D eigenvalue weighted by Gasteiger charge is -2.09. The Balaban J connectivity index is 2.53. The van der Waals surface area contributed by atoms with E-state index in [0.29, 0.717) is 6.54 Å². The SMILES string of the molecule is Fc1cc2c(cn1)N=CNC2. The molecule has 0 unspecified atom stereocenters. The third-order valence-corrected chi connectivity index (χ3v) is 1.52. The van der Waals surface area contributed by atoms with Gasteiger partial charge in [-0.2, -0.15) is 4.39 Å². The molecule has 1 N–H and O–H groups in total. The minimum Gasteiger partial charge on any atom is -0.372 e. The van der Waals surface area contributed by atoms with Crippen molar-refractivity contribution < 1.29 is 4.39 Å². The molecule has 0 fully saturated rings.